The normalized spacial score (nSPS) is 15.4. The Bertz CT molecular complexity index is 1760. The van der Waals surface area contributed by atoms with Crippen molar-refractivity contribution in [1.29, 1.82) is 0 Å². The topological polar surface area (TPSA) is 96.5 Å². The molecule has 1 saturated heterocycles. The second kappa shape index (κ2) is 14.2. The third-order valence-electron chi connectivity index (χ3n) is 6.65. The number of hydrogen-bond acceptors (Lipinski definition) is 7. The molecule has 0 unspecified atom stereocenters. The van der Waals surface area contributed by atoms with Crippen molar-refractivity contribution >= 4 is 69.9 Å². The lowest BCUT2D eigenvalue weighted by Crippen LogP contribution is -2.28. The number of benzene rings is 3. The summed E-state index contributed by atoms with van der Waals surface area (Å²) in [5, 5.41) is 12.8. The number of furan rings is 1. The summed E-state index contributed by atoms with van der Waals surface area (Å²) in [5.74, 6) is 0.331. The predicted molar refractivity (Wildman–Crippen MR) is 182 cm³/mol. The molecule has 0 atom stereocenters. The van der Waals surface area contributed by atoms with Crippen molar-refractivity contribution in [3.05, 3.63) is 123 Å². The standard InChI is InChI=1S/C34H30Cl2N4O4S/c1-34(2,3)24-8-6-22(7-9-24)19-37-39-33-40(20-28-5-4-16-43-28)32(42)30(45-33)18-23-17-26(36)12-15-29(23)44-21-31(41)38-27-13-10-25(35)11-14-27/h4-19H,20-21H2,1-3H3,(H,38,41)/b30-18-,37-19-,39-33+. The van der Waals surface area contributed by atoms with Crippen LogP contribution < -0.4 is 10.1 Å². The number of carbonyl (C=O) groups is 2. The monoisotopic (exact) mass is 660 g/mol. The van der Waals surface area contributed by atoms with E-state index in [9.17, 15) is 9.59 Å². The molecular weight excluding hydrogens is 631 g/mol. The van der Waals surface area contributed by atoms with Gasteiger partial charge in [-0.1, -0.05) is 68.2 Å². The summed E-state index contributed by atoms with van der Waals surface area (Å²) in [6.07, 6.45) is 4.86. The average Bonchev–Trinajstić information content (AvgIpc) is 3.62. The molecular formula is C34H30Cl2N4O4S. The Hall–Kier alpha value is -4.31. The quantitative estimate of drug-likeness (QED) is 0.110. The van der Waals surface area contributed by atoms with E-state index in [1.165, 1.54) is 22.2 Å². The lowest BCUT2D eigenvalue weighted by molar-refractivity contribution is -0.122. The van der Waals surface area contributed by atoms with E-state index in [1.807, 2.05) is 12.1 Å². The summed E-state index contributed by atoms with van der Waals surface area (Å²) >= 11 is 13.4. The summed E-state index contributed by atoms with van der Waals surface area (Å²) in [5.41, 5.74) is 3.26. The van der Waals surface area contributed by atoms with Crippen LogP contribution in [-0.2, 0) is 21.5 Å². The van der Waals surface area contributed by atoms with Crippen LogP contribution in [0, 0.1) is 0 Å². The van der Waals surface area contributed by atoms with Gasteiger partial charge in [0.25, 0.3) is 11.8 Å². The van der Waals surface area contributed by atoms with Crippen LogP contribution in [0.25, 0.3) is 6.08 Å². The van der Waals surface area contributed by atoms with Gasteiger partial charge in [0.05, 0.1) is 23.9 Å². The maximum absolute atomic E-state index is 13.6. The Kier molecular flexibility index (Phi) is 10.1. The summed E-state index contributed by atoms with van der Waals surface area (Å²) in [6.45, 7) is 6.40. The maximum Gasteiger partial charge on any atom is 0.267 e. The molecule has 1 aromatic heterocycles. The number of rotatable bonds is 9. The Morgan fingerprint density at radius 2 is 1.76 bits per heavy atom. The van der Waals surface area contributed by atoms with E-state index in [-0.39, 0.29) is 30.4 Å². The minimum Gasteiger partial charge on any atom is -0.483 e. The molecule has 0 radical (unpaired) electrons. The zero-order valence-electron chi connectivity index (χ0n) is 24.8. The molecule has 0 aliphatic carbocycles. The van der Waals surface area contributed by atoms with Gasteiger partial charge in [-0.3, -0.25) is 14.5 Å². The average molecular weight is 662 g/mol. The van der Waals surface area contributed by atoms with Crippen LogP contribution in [0.5, 0.6) is 5.75 Å². The lowest BCUT2D eigenvalue weighted by atomic mass is 9.87. The smallest absolute Gasteiger partial charge is 0.267 e. The molecule has 230 valence electrons. The highest BCUT2D eigenvalue weighted by molar-refractivity contribution is 8.18. The van der Waals surface area contributed by atoms with E-state index in [1.54, 1.807) is 73.2 Å². The van der Waals surface area contributed by atoms with Crippen molar-refractivity contribution in [3.63, 3.8) is 0 Å². The number of hydrogen-bond donors (Lipinski definition) is 1. The molecule has 8 nitrogen and oxygen atoms in total. The van der Waals surface area contributed by atoms with Gasteiger partial charge in [-0.05, 0) is 89.0 Å². The molecule has 1 aliphatic rings. The summed E-state index contributed by atoms with van der Waals surface area (Å²) in [6, 6.07) is 23.4. The molecule has 3 aromatic carbocycles. The van der Waals surface area contributed by atoms with Gasteiger partial charge in [0.15, 0.2) is 11.8 Å². The zero-order chi connectivity index (χ0) is 32.0. The first kappa shape index (κ1) is 32.1. The Morgan fingerprint density at radius 1 is 1.02 bits per heavy atom. The number of ether oxygens (including phenoxy) is 1. The van der Waals surface area contributed by atoms with E-state index >= 15 is 0 Å². The molecule has 1 N–H and O–H groups in total. The van der Waals surface area contributed by atoms with Gasteiger partial charge in [-0.25, -0.2) is 0 Å². The Morgan fingerprint density at radius 3 is 2.44 bits per heavy atom. The van der Waals surface area contributed by atoms with Crippen molar-refractivity contribution in [2.24, 2.45) is 10.2 Å². The minimum absolute atomic E-state index is 0.0452. The Labute approximate surface area is 275 Å². The van der Waals surface area contributed by atoms with Crippen LogP contribution in [-0.4, -0.2) is 34.7 Å². The van der Waals surface area contributed by atoms with Crippen molar-refractivity contribution in [2.45, 2.75) is 32.7 Å². The molecule has 0 spiro atoms. The molecule has 45 heavy (non-hydrogen) atoms. The fourth-order valence-corrected chi connectivity index (χ4v) is 5.51. The minimum atomic E-state index is -0.359. The lowest BCUT2D eigenvalue weighted by Gasteiger charge is -2.18. The third kappa shape index (κ3) is 8.66. The van der Waals surface area contributed by atoms with Crippen molar-refractivity contribution in [2.75, 3.05) is 11.9 Å². The highest BCUT2D eigenvalue weighted by Crippen LogP contribution is 2.36. The fourth-order valence-electron chi connectivity index (χ4n) is 4.27. The number of thioether (sulfide) groups is 1. The SMILES string of the molecule is CC(C)(C)c1ccc(/C=N\N=C2\S/C(=C\c3cc(Cl)ccc3OCC(=O)Nc3ccc(Cl)cc3)C(=O)N2Cc2ccco2)cc1. The summed E-state index contributed by atoms with van der Waals surface area (Å²) in [4.78, 5) is 28.0. The number of nitrogens with one attached hydrogen (secondary N) is 1. The maximum atomic E-state index is 13.6. The number of amidine groups is 1. The van der Waals surface area contributed by atoms with E-state index in [0.29, 0.717) is 42.9 Å². The van der Waals surface area contributed by atoms with Crippen LogP contribution in [0.15, 0.2) is 105 Å². The number of anilines is 1. The molecule has 2 amide bonds. The highest BCUT2D eigenvalue weighted by atomic mass is 35.5. The Balaban J connectivity index is 1.36. The van der Waals surface area contributed by atoms with Crippen molar-refractivity contribution in [3.8, 4) is 5.75 Å². The second-order valence-corrected chi connectivity index (χ2v) is 13.0. The molecule has 2 heterocycles. The van der Waals surface area contributed by atoms with Gasteiger partial charge in [0.1, 0.15) is 11.5 Å². The molecule has 0 saturated carbocycles. The van der Waals surface area contributed by atoms with Crippen LogP contribution in [0.3, 0.4) is 0 Å². The molecule has 11 heteroatoms. The predicted octanol–water partition coefficient (Wildman–Crippen LogP) is 8.41. The molecule has 4 aromatic rings. The first-order valence-corrected chi connectivity index (χ1v) is 15.6. The van der Waals surface area contributed by atoms with E-state index < -0.39 is 0 Å². The first-order valence-electron chi connectivity index (χ1n) is 14.0. The summed E-state index contributed by atoms with van der Waals surface area (Å²) < 4.78 is 11.3. The zero-order valence-corrected chi connectivity index (χ0v) is 27.1. The number of amides is 2. The van der Waals surface area contributed by atoms with Gasteiger partial charge < -0.3 is 14.5 Å². The number of carbonyl (C=O) groups excluding carboxylic acids is 2. The van der Waals surface area contributed by atoms with Crippen LogP contribution in [0.2, 0.25) is 10.0 Å². The molecule has 5 rings (SSSR count). The van der Waals surface area contributed by atoms with E-state index in [0.717, 1.165) is 5.56 Å². The van der Waals surface area contributed by atoms with Crippen LogP contribution in [0.1, 0.15) is 43.2 Å². The van der Waals surface area contributed by atoms with Crippen molar-refractivity contribution < 1.29 is 18.7 Å². The second-order valence-electron chi connectivity index (χ2n) is 11.1. The highest BCUT2D eigenvalue weighted by Gasteiger charge is 2.34. The molecule has 1 aliphatic heterocycles. The van der Waals surface area contributed by atoms with Crippen molar-refractivity contribution in [1.82, 2.24) is 4.90 Å². The van der Waals surface area contributed by atoms with E-state index in [2.05, 4.69) is 48.4 Å². The first-order chi connectivity index (χ1) is 21.5. The summed E-state index contributed by atoms with van der Waals surface area (Å²) in [7, 11) is 0. The fraction of sp³-hybridized carbons (Fsp3) is 0.176. The molecule has 0 bridgehead atoms. The van der Waals surface area contributed by atoms with Gasteiger partial charge >= 0.3 is 0 Å². The number of halogens is 2. The molecule has 1 fully saturated rings. The van der Waals surface area contributed by atoms with Gasteiger partial charge in [-0.2, -0.15) is 5.10 Å². The van der Waals surface area contributed by atoms with Crippen LogP contribution >= 0.6 is 35.0 Å². The van der Waals surface area contributed by atoms with Crippen LogP contribution in [0.4, 0.5) is 5.69 Å². The number of nitrogens with zero attached hydrogens (tertiary/aromatic N) is 3. The van der Waals surface area contributed by atoms with Gasteiger partial charge in [-0.15, -0.1) is 5.10 Å². The van der Waals surface area contributed by atoms with Gasteiger partial charge in [0, 0.05) is 21.3 Å². The van der Waals surface area contributed by atoms with Gasteiger partial charge in [0.2, 0.25) is 0 Å². The third-order valence-corrected chi connectivity index (χ3v) is 8.14. The van der Waals surface area contributed by atoms with E-state index in [4.69, 9.17) is 32.4 Å². The largest absolute Gasteiger partial charge is 0.483 e.